The fraction of sp³-hybridized carbons (Fsp3) is 0.567. The molecule has 32 heavy (non-hydrogen) atoms. The highest BCUT2D eigenvalue weighted by Gasteiger charge is 2.29. The molecular formula is C30H42O2. The first-order valence-corrected chi connectivity index (χ1v) is 13.1. The maximum absolute atomic E-state index is 12.6. The number of ketones is 1. The molecular weight excluding hydrogens is 392 g/mol. The SMILES string of the molecule is CCCCCCCCCOc1ccc(-c2ccc([C@H]3CC[C@H](CCC)CC3=O)cc2)cc1. The fourth-order valence-electron chi connectivity index (χ4n) is 5.00. The van der Waals surface area contributed by atoms with E-state index in [0.29, 0.717) is 11.7 Å². The van der Waals surface area contributed by atoms with Crippen molar-refractivity contribution in [2.24, 2.45) is 5.92 Å². The molecule has 1 saturated carbocycles. The summed E-state index contributed by atoms with van der Waals surface area (Å²) in [7, 11) is 0. The Hall–Kier alpha value is -2.09. The van der Waals surface area contributed by atoms with Crippen molar-refractivity contribution in [3.8, 4) is 16.9 Å². The second-order valence-electron chi connectivity index (χ2n) is 9.57. The Kier molecular flexibility index (Phi) is 10.3. The number of Topliss-reactive ketones (excluding diaryl/α,β-unsaturated/α-hetero) is 1. The zero-order chi connectivity index (χ0) is 22.6. The number of ether oxygens (including phenoxy) is 1. The zero-order valence-electron chi connectivity index (χ0n) is 20.3. The van der Waals surface area contributed by atoms with Crippen molar-refractivity contribution in [2.75, 3.05) is 6.61 Å². The molecule has 2 aromatic rings. The lowest BCUT2D eigenvalue weighted by Crippen LogP contribution is -2.23. The van der Waals surface area contributed by atoms with Crippen LogP contribution in [0.15, 0.2) is 48.5 Å². The highest BCUT2D eigenvalue weighted by atomic mass is 16.5. The number of unbranched alkanes of at least 4 members (excludes halogenated alkanes) is 6. The predicted octanol–water partition coefficient (Wildman–Crippen LogP) is 8.74. The summed E-state index contributed by atoms with van der Waals surface area (Å²) in [5, 5.41) is 0. The Morgan fingerprint density at radius 3 is 2.00 bits per heavy atom. The summed E-state index contributed by atoms with van der Waals surface area (Å²) in [5.74, 6) is 2.09. The number of hydrogen-bond acceptors (Lipinski definition) is 2. The Balaban J connectivity index is 1.44. The van der Waals surface area contributed by atoms with Gasteiger partial charge in [-0.05, 0) is 54.0 Å². The van der Waals surface area contributed by atoms with Gasteiger partial charge in [-0.2, -0.15) is 0 Å². The van der Waals surface area contributed by atoms with Crippen LogP contribution < -0.4 is 4.74 Å². The molecule has 1 aliphatic carbocycles. The number of carbonyl (C=O) groups is 1. The Morgan fingerprint density at radius 1 is 0.750 bits per heavy atom. The summed E-state index contributed by atoms with van der Waals surface area (Å²) < 4.78 is 5.92. The molecule has 0 N–H and O–H groups in total. The van der Waals surface area contributed by atoms with Crippen LogP contribution in [0, 0.1) is 5.92 Å². The van der Waals surface area contributed by atoms with E-state index < -0.39 is 0 Å². The lowest BCUT2D eigenvalue weighted by molar-refractivity contribution is -0.123. The average Bonchev–Trinajstić information content (AvgIpc) is 2.82. The summed E-state index contributed by atoms with van der Waals surface area (Å²) in [6.45, 7) is 5.27. The number of hydrogen-bond donors (Lipinski definition) is 0. The van der Waals surface area contributed by atoms with Gasteiger partial charge in [0.2, 0.25) is 0 Å². The van der Waals surface area contributed by atoms with Crippen molar-refractivity contribution < 1.29 is 9.53 Å². The lowest BCUT2D eigenvalue weighted by atomic mass is 9.76. The molecule has 0 aromatic heterocycles. The van der Waals surface area contributed by atoms with Gasteiger partial charge in [0.25, 0.3) is 0 Å². The first kappa shape index (κ1) is 24.6. The third-order valence-corrected chi connectivity index (χ3v) is 6.96. The van der Waals surface area contributed by atoms with Gasteiger partial charge in [0, 0.05) is 12.3 Å². The standard InChI is InChI=1S/C30H42O2/c1-3-5-6-7-8-9-10-22-32-28-19-17-26(18-20-28)25-13-15-27(16-14-25)29-21-12-24(11-4-2)23-30(29)31/h13-20,24,29H,3-12,21-23H2,1-2H3/t24-,29+/m0/s1. The van der Waals surface area contributed by atoms with Gasteiger partial charge in [-0.3, -0.25) is 4.79 Å². The molecule has 0 unspecified atom stereocenters. The van der Waals surface area contributed by atoms with Crippen LogP contribution in [0.25, 0.3) is 11.1 Å². The molecule has 0 heterocycles. The lowest BCUT2D eigenvalue weighted by Gasteiger charge is -2.27. The Bertz CT molecular complexity index is 791. The molecule has 3 rings (SSSR count). The maximum atomic E-state index is 12.6. The molecule has 0 amide bonds. The number of carbonyl (C=O) groups excluding carboxylic acids is 1. The molecule has 1 fully saturated rings. The average molecular weight is 435 g/mol. The van der Waals surface area contributed by atoms with Crippen LogP contribution >= 0.6 is 0 Å². The summed E-state index contributed by atoms with van der Waals surface area (Å²) in [4.78, 5) is 12.6. The summed E-state index contributed by atoms with van der Waals surface area (Å²) in [6.07, 6.45) is 14.4. The zero-order valence-corrected chi connectivity index (χ0v) is 20.3. The molecule has 1 aliphatic rings. The van der Waals surface area contributed by atoms with Crippen LogP contribution in [-0.4, -0.2) is 12.4 Å². The smallest absolute Gasteiger partial charge is 0.140 e. The second kappa shape index (κ2) is 13.5. The molecule has 2 atom stereocenters. The molecule has 0 aliphatic heterocycles. The summed E-state index contributed by atoms with van der Waals surface area (Å²) >= 11 is 0. The van der Waals surface area contributed by atoms with Gasteiger partial charge in [0.1, 0.15) is 11.5 Å². The van der Waals surface area contributed by atoms with Gasteiger partial charge in [0.15, 0.2) is 0 Å². The number of benzene rings is 2. The molecule has 0 spiro atoms. The minimum Gasteiger partial charge on any atom is -0.494 e. The molecule has 174 valence electrons. The van der Waals surface area contributed by atoms with E-state index in [4.69, 9.17) is 4.74 Å². The monoisotopic (exact) mass is 434 g/mol. The first-order chi connectivity index (χ1) is 15.7. The van der Waals surface area contributed by atoms with E-state index in [9.17, 15) is 4.79 Å². The van der Waals surface area contributed by atoms with Crippen LogP contribution in [0.4, 0.5) is 0 Å². The van der Waals surface area contributed by atoms with Gasteiger partial charge >= 0.3 is 0 Å². The van der Waals surface area contributed by atoms with Crippen molar-refractivity contribution in [2.45, 2.75) is 96.8 Å². The highest BCUT2D eigenvalue weighted by Crippen LogP contribution is 2.36. The highest BCUT2D eigenvalue weighted by molar-refractivity contribution is 5.86. The normalized spacial score (nSPS) is 18.6. The van der Waals surface area contributed by atoms with Crippen molar-refractivity contribution in [1.29, 1.82) is 0 Å². The first-order valence-electron chi connectivity index (χ1n) is 13.1. The maximum Gasteiger partial charge on any atom is 0.140 e. The quantitative estimate of drug-likeness (QED) is 0.295. The minimum atomic E-state index is 0.0968. The Morgan fingerprint density at radius 2 is 1.38 bits per heavy atom. The van der Waals surface area contributed by atoms with Crippen LogP contribution in [-0.2, 0) is 4.79 Å². The third kappa shape index (κ3) is 7.50. The Labute approximate surface area is 195 Å². The molecule has 2 nitrogen and oxygen atoms in total. The number of rotatable bonds is 13. The molecule has 2 aromatic carbocycles. The molecule has 2 heteroatoms. The van der Waals surface area contributed by atoms with E-state index in [0.717, 1.165) is 31.6 Å². The van der Waals surface area contributed by atoms with Crippen LogP contribution in [0.3, 0.4) is 0 Å². The van der Waals surface area contributed by atoms with Gasteiger partial charge < -0.3 is 4.74 Å². The van der Waals surface area contributed by atoms with E-state index >= 15 is 0 Å². The minimum absolute atomic E-state index is 0.0968. The van der Waals surface area contributed by atoms with Crippen LogP contribution in [0.1, 0.15) is 102 Å². The van der Waals surface area contributed by atoms with Crippen molar-refractivity contribution in [1.82, 2.24) is 0 Å². The van der Waals surface area contributed by atoms with Gasteiger partial charge in [0.05, 0.1) is 6.61 Å². The van der Waals surface area contributed by atoms with Gasteiger partial charge in [-0.15, -0.1) is 0 Å². The molecule has 0 saturated heterocycles. The largest absolute Gasteiger partial charge is 0.494 e. The van der Waals surface area contributed by atoms with Crippen LogP contribution in [0.2, 0.25) is 0 Å². The van der Waals surface area contributed by atoms with Crippen molar-refractivity contribution in [3.05, 3.63) is 54.1 Å². The van der Waals surface area contributed by atoms with E-state index in [-0.39, 0.29) is 5.92 Å². The van der Waals surface area contributed by atoms with Crippen molar-refractivity contribution >= 4 is 5.78 Å². The van der Waals surface area contributed by atoms with E-state index in [1.54, 1.807) is 0 Å². The predicted molar refractivity (Wildman–Crippen MR) is 135 cm³/mol. The topological polar surface area (TPSA) is 26.3 Å². The summed E-state index contributed by atoms with van der Waals surface area (Å²) in [5.41, 5.74) is 3.57. The van der Waals surface area contributed by atoms with Crippen molar-refractivity contribution in [3.63, 3.8) is 0 Å². The molecule has 0 radical (unpaired) electrons. The molecule has 0 bridgehead atoms. The van der Waals surface area contributed by atoms with E-state index in [1.165, 1.54) is 74.5 Å². The summed E-state index contributed by atoms with van der Waals surface area (Å²) in [6, 6.07) is 17.1. The second-order valence-corrected chi connectivity index (χ2v) is 9.57. The van der Waals surface area contributed by atoms with Crippen LogP contribution in [0.5, 0.6) is 5.75 Å². The van der Waals surface area contributed by atoms with Gasteiger partial charge in [-0.25, -0.2) is 0 Å². The van der Waals surface area contributed by atoms with E-state index in [1.807, 2.05) is 0 Å². The van der Waals surface area contributed by atoms with Gasteiger partial charge in [-0.1, -0.05) is 102 Å². The third-order valence-electron chi connectivity index (χ3n) is 6.96. The fourth-order valence-corrected chi connectivity index (χ4v) is 5.00. The van der Waals surface area contributed by atoms with E-state index in [2.05, 4.69) is 62.4 Å².